The minimum Gasteiger partial charge on any atom is -0.378 e. The van der Waals surface area contributed by atoms with Crippen molar-refractivity contribution in [2.45, 2.75) is 26.3 Å². The zero-order chi connectivity index (χ0) is 19.5. The molecule has 3 heterocycles. The number of hydrogen-bond donors (Lipinski definition) is 0. The Morgan fingerprint density at radius 2 is 1.96 bits per heavy atom. The number of likely N-dealkylation sites (tertiary alicyclic amines) is 1. The van der Waals surface area contributed by atoms with E-state index < -0.39 is 0 Å². The number of piperidine rings is 1. The van der Waals surface area contributed by atoms with E-state index >= 15 is 0 Å². The quantitative estimate of drug-likeness (QED) is 0.800. The van der Waals surface area contributed by atoms with Crippen LogP contribution in [0.15, 0.2) is 22.7 Å². The molecule has 0 bridgehead atoms. The van der Waals surface area contributed by atoms with Crippen LogP contribution in [0.25, 0.3) is 11.4 Å². The second-order valence-corrected chi connectivity index (χ2v) is 7.46. The zero-order valence-corrected chi connectivity index (χ0v) is 16.1. The molecule has 0 saturated carbocycles. The number of halogens is 1. The first-order valence-corrected chi connectivity index (χ1v) is 9.78. The van der Waals surface area contributed by atoms with E-state index in [2.05, 4.69) is 15.0 Å². The van der Waals surface area contributed by atoms with Crippen LogP contribution < -0.4 is 0 Å². The second-order valence-electron chi connectivity index (χ2n) is 7.46. The largest absolute Gasteiger partial charge is 0.378 e. The zero-order valence-electron chi connectivity index (χ0n) is 16.1. The van der Waals surface area contributed by atoms with Gasteiger partial charge in [0, 0.05) is 24.6 Å². The van der Waals surface area contributed by atoms with E-state index in [-0.39, 0.29) is 17.6 Å². The van der Waals surface area contributed by atoms with E-state index in [0.29, 0.717) is 55.7 Å². The topological polar surface area (TPSA) is 71.7 Å². The maximum atomic E-state index is 13.7. The van der Waals surface area contributed by atoms with Crippen LogP contribution in [0.4, 0.5) is 4.39 Å². The van der Waals surface area contributed by atoms with Gasteiger partial charge < -0.3 is 14.2 Å². The Morgan fingerprint density at radius 1 is 1.21 bits per heavy atom. The molecule has 2 aliphatic heterocycles. The van der Waals surface area contributed by atoms with Gasteiger partial charge in [-0.3, -0.25) is 9.69 Å². The van der Waals surface area contributed by atoms with Gasteiger partial charge in [0.2, 0.25) is 17.6 Å². The van der Waals surface area contributed by atoms with Gasteiger partial charge in [-0.2, -0.15) is 4.98 Å². The first-order chi connectivity index (χ1) is 13.6. The third kappa shape index (κ3) is 4.23. The Morgan fingerprint density at radius 3 is 2.68 bits per heavy atom. The normalized spacial score (nSPS) is 19.1. The summed E-state index contributed by atoms with van der Waals surface area (Å²) in [6, 6.07) is 4.92. The Labute approximate surface area is 163 Å². The van der Waals surface area contributed by atoms with Crippen molar-refractivity contribution in [2.75, 3.05) is 39.4 Å². The summed E-state index contributed by atoms with van der Waals surface area (Å²) in [7, 11) is 0. The first-order valence-electron chi connectivity index (χ1n) is 9.78. The van der Waals surface area contributed by atoms with E-state index in [4.69, 9.17) is 9.26 Å². The van der Waals surface area contributed by atoms with Crippen LogP contribution in [-0.2, 0) is 16.1 Å². The number of aryl methyl sites for hydroxylation is 1. The number of carbonyl (C=O) groups is 1. The number of nitrogens with zero attached hydrogens (tertiary/aromatic N) is 4. The summed E-state index contributed by atoms with van der Waals surface area (Å²) in [6.45, 7) is 6.56. The molecule has 1 amide bonds. The van der Waals surface area contributed by atoms with Gasteiger partial charge in [0.1, 0.15) is 5.82 Å². The van der Waals surface area contributed by atoms with Crippen molar-refractivity contribution in [3.05, 3.63) is 35.5 Å². The van der Waals surface area contributed by atoms with Crippen LogP contribution in [0.1, 0.15) is 24.3 Å². The SMILES string of the molecule is Cc1ccc(-c2noc(CN3CCC(C(=O)N4CCOCC4)CC3)n2)cc1F. The third-order valence-electron chi connectivity index (χ3n) is 5.52. The van der Waals surface area contributed by atoms with E-state index in [0.717, 1.165) is 25.9 Å². The molecule has 28 heavy (non-hydrogen) atoms. The summed E-state index contributed by atoms with van der Waals surface area (Å²) < 4.78 is 24.4. The molecule has 7 nitrogen and oxygen atoms in total. The number of rotatable bonds is 4. The molecule has 0 N–H and O–H groups in total. The summed E-state index contributed by atoms with van der Waals surface area (Å²) >= 11 is 0. The molecule has 1 aromatic carbocycles. The van der Waals surface area contributed by atoms with Crippen LogP contribution in [0.3, 0.4) is 0 Å². The molecule has 0 spiro atoms. The fraction of sp³-hybridized carbons (Fsp3) is 0.550. The van der Waals surface area contributed by atoms with Crippen molar-refractivity contribution >= 4 is 5.91 Å². The average Bonchev–Trinajstić information content (AvgIpc) is 3.19. The third-order valence-corrected chi connectivity index (χ3v) is 5.52. The van der Waals surface area contributed by atoms with Crippen LogP contribution >= 0.6 is 0 Å². The highest BCUT2D eigenvalue weighted by atomic mass is 19.1. The molecule has 2 aliphatic rings. The summed E-state index contributed by atoms with van der Waals surface area (Å²) in [5.41, 5.74) is 1.19. The van der Waals surface area contributed by atoms with Crippen molar-refractivity contribution in [1.82, 2.24) is 19.9 Å². The van der Waals surface area contributed by atoms with Crippen LogP contribution in [0, 0.1) is 18.7 Å². The lowest BCUT2D eigenvalue weighted by atomic mass is 9.95. The van der Waals surface area contributed by atoms with Gasteiger partial charge in [-0.05, 0) is 44.5 Å². The maximum absolute atomic E-state index is 13.7. The predicted octanol–water partition coefficient (Wildman–Crippen LogP) is 2.25. The molecule has 2 aromatic rings. The van der Waals surface area contributed by atoms with Gasteiger partial charge in [-0.1, -0.05) is 17.3 Å². The fourth-order valence-electron chi connectivity index (χ4n) is 3.74. The molecular weight excluding hydrogens is 363 g/mol. The number of amides is 1. The van der Waals surface area contributed by atoms with Crippen molar-refractivity contribution in [1.29, 1.82) is 0 Å². The van der Waals surface area contributed by atoms with Gasteiger partial charge in [-0.25, -0.2) is 4.39 Å². The maximum Gasteiger partial charge on any atom is 0.241 e. The lowest BCUT2D eigenvalue weighted by molar-refractivity contribution is -0.141. The van der Waals surface area contributed by atoms with Gasteiger partial charge >= 0.3 is 0 Å². The number of morpholine rings is 1. The number of carbonyl (C=O) groups excluding carboxylic acids is 1. The summed E-state index contributed by atoms with van der Waals surface area (Å²) in [5, 5.41) is 3.97. The van der Waals surface area contributed by atoms with Crippen LogP contribution in [-0.4, -0.2) is 65.2 Å². The molecule has 0 atom stereocenters. The highest BCUT2D eigenvalue weighted by molar-refractivity contribution is 5.79. The molecule has 0 unspecified atom stereocenters. The van der Waals surface area contributed by atoms with Gasteiger partial charge in [0.05, 0.1) is 19.8 Å². The summed E-state index contributed by atoms with van der Waals surface area (Å²) in [4.78, 5) is 21.2. The minimum absolute atomic E-state index is 0.0862. The Balaban J connectivity index is 1.31. The molecule has 150 valence electrons. The van der Waals surface area contributed by atoms with Gasteiger partial charge in [0.15, 0.2) is 0 Å². The molecule has 2 saturated heterocycles. The van der Waals surface area contributed by atoms with Crippen LogP contribution in [0.2, 0.25) is 0 Å². The first kappa shape index (κ1) is 19.0. The molecule has 4 rings (SSSR count). The summed E-state index contributed by atoms with van der Waals surface area (Å²) in [6.07, 6.45) is 1.67. The van der Waals surface area contributed by atoms with E-state index in [1.807, 2.05) is 4.90 Å². The molecule has 0 radical (unpaired) electrons. The number of benzene rings is 1. The van der Waals surface area contributed by atoms with E-state index in [9.17, 15) is 9.18 Å². The highest BCUT2D eigenvalue weighted by Gasteiger charge is 2.29. The highest BCUT2D eigenvalue weighted by Crippen LogP contribution is 2.23. The average molecular weight is 388 g/mol. The molecule has 1 aromatic heterocycles. The van der Waals surface area contributed by atoms with Crippen LogP contribution in [0.5, 0.6) is 0 Å². The Hall–Kier alpha value is -2.32. The number of hydrogen-bond acceptors (Lipinski definition) is 6. The number of aromatic nitrogens is 2. The van der Waals surface area contributed by atoms with Crippen molar-refractivity contribution < 1.29 is 18.4 Å². The van der Waals surface area contributed by atoms with Gasteiger partial charge in [0.25, 0.3) is 0 Å². The minimum atomic E-state index is -0.282. The smallest absolute Gasteiger partial charge is 0.241 e. The van der Waals surface area contributed by atoms with E-state index in [1.54, 1.807) is 19.1 Å². The second kappa shape index (κ2) is 8.36. The Bertz CT molecular complexity index is 827. The molecule has 8 heteroatoms. The van der Waals surface area contributed by atoms with E-state index in [1.165, 1.54) is 6.07 Å². The lowest BCUT2D eigenvalue weighted by Gasteiger charge is -2.35. The molecule has 0 aliphatic carbocycles. The fourth-order valence-corrected chi connectivity index (χ4v) is 3.74. The van der Waals surface area contributed by atoms with Crippen molar-refractivity contribution in [3.8, 4) is 11.4 Å². The van der Waals surface area contributed by atoms with Crippen molar-refractivity contribution in [2.24, 2.45) is 5.92 Å². The number of ether oxygens (including phenoxy) is 1. The van der Waals surface area contributed by atoms with Gasteiger partial charge in [-0.15, -0.1) is 0 Å². The summed E-state index contributed by atoms with van der Waals surface area (Å²) in [5.74, 6) is 0.962. The van der Waals surface area contributed by atoms with Crippen molar-refractivity contribution in [3.63, 3.8) is 0 Å². The Kier molecular flexibility index (Phi) is 5.68. The lowest BCUT2D eigenvalue weighted by Crippen LogP contribution is -2.46. The standard InChI is InChI=1S/C20H25FN4O3/c1-14-2-3-16(12-17(14)21)19-22-18(28-23-19)13-24-6-4-15(5-7-24)20(26)25-8-10-27-11-9-25/h2-3,12,15H,4-11,13H2,1H3. The predicted molar refractivity (Wildman–Crippen MR) is 99.8 cm³/mol. The monoisotopic (exact) mass is 388 g/mol. The molecular formula is C20H25FN4O3. The molecule has 2 fully saturated rings.